The van der Waals surface area contributed by atoms with Gasteiger partial charge >= 0.3 is 0 Å². The first-order valence-electron chi connectivity index (χ1n) is 8.51. The Hall–Kier alpha value is -0.620. The maximum atomic E-state index is 12.7. The second kappa shape index (κ2) is 7.51. The van der Waals surface area contributed by atoms with Crippen LogP contribution < -0.4 is 0 Å². The molecule has 128 valence electrons. The molecular formula is C17H25ClN2O2S. The smallest absolute Gasteiger partial charge is 0.243 e. The van der Waals surface area contributed by atoms with Crippen LogP contribution in [0.2, 0.25) is 0 Å². The van der Waals surface area contributed by atoms with Crippen molar-refractivity contribution in [3.8, 4) is 0 Å². The molecule has 4 nitrogen and oxygen atoms in total. The molecule has 2 aliphatic rings. The second-order valence-electron chi connectivity index (χ2n) is 6.43. The van der Waals surface area contributed by atoms with E-state index in [2.05, 4.69) is 4.90 Å². The van der Waals surface area contributed by atoms with Gasteiger partial charge in [0.15, 0.2) is 0 Å². The van der Waals surface area contributed by atoms with Gasteiger partial charge < -0.3 is 4.90 Å². The Morgan fingerprint density at radius 2 is 1.70 bits per heavy atom. The Bertz CT molecular complexity index is 642. The Labute approximate surface area is 144 Å². The first-order chi connectivity index (χ1) is 11.1. The van der Waals surface area contributed by atoms with Crippen LogP contribution in [0, 0.1) is 0 Å². The fourth-order valence-corrected chi connectivity index (χ4v) is 5.18. The summed E-state index contributed by atoms with van der Waals surface area (Å²) in [5.74, 6) is 0.696. The molecule has 0 aliphatic carbocycles. The largest absolute Gasteiger partial charge is 0.303 e. The fourth-order valence-electron chi connectivity index (χ4n) is 3.49. The minimum Gasteiger partial charge on any atom is -0.303 e. The van der Waals surface area contributed by atoms with Gasteiger partial charge in [0.1, 0.15) is 0 Å². The molecule has 0 bridgehead atoms. The van der Waals surface area contributed by atoms with Gasteiger partial charge in [-0.15, -0.1) is 11.6 Å². The molecule has 0 unspecified atom stereocenters. The van der Waals surface area contributed by atoms with Gasteiger partial charge in [-0.2, -0.15) is 4.31 Å². The van der Waals surface area contributed by atoms with Crippen molar-refractivity contribution in [3.05, 3.63) is 29.3 Å². The molecular weight excluding hydrogens is 332 g/mol. The molecule has 1 aromatic rings. The number of rotatable bonds is 5. The summed E-state index contributed by atoms with van der Waals surface area (Å²) in [6.07, 6.45) is 4.86. The molecule has 1 aromatic carbocycles. The van der Waals surface area contributed by atoms with Crippen molar-refractivity contribution < 1.29 is 8.42 Å². The number of alkyl halides is 1. The molecule has 0 saturated carbocycles. The van der Waals surface area contributed by atoms with Crippen LogP contribution in [0.25, 0.3) is 0 Å². The number of hydrogen-bond acceptors (Lipinski definition) is 3. The van der Waals surface area contributed by atoms with Gasteiger partial charge in [-0.25, -0.2) is 8.42 Å². The summed E-state index contributed by atoms with van der Waals surface area (Å²) in [5, 5.41) is 0. The Morgan fingerprint density at radius 1 is 1.00 bits per heavy atom. The van der Waals surface area contributed by atoms with Crippen LogP contribution >= 0.6 is 11.6 Å². The van der Waals surface area contributed by atoms with E-state index >= 15 is 0 Å². The number of sulfonamides is 1. The average Bonchev–Trinajstić information content (AvgIpc) is 3.02. The highest BCUT2D eigenvalue weighted by atomic mass is 35.5. The zero-order valence-corrected chi connectivity index (χ0v) is 15.1. The molecule has 0 atom stereocenters. The van der Waals surface area contributed by atoms with E-state index in [9.17, 15) is 8.42 Å². The highest BCUT2D eigenvalue weighted by molar-refractivity contribution is 7.89. The van der Waals surface area contributed by atoms with Crippen molar-refractivity contribution in [3.63, 3.8) is 0 Å². The quantitative estimate of drug-likeness (QED) is 0.761. The molecule has 0 aromatic heterocycles. The van der Waals surface area contributed by atoms with Crippen LogP contribution in [0.1, 0.15) is 30.4 Å². The van der Waals surface area contributed by atoms with Crippen LogP contribution in [-0.4, -0.2) is 56.2 Å². The molecule has 23 heavy (non-hydrogen) atoms. The third-order valence-corrected chi connectivity index (χ3v) is 7.05. The van der Waals surface area contributed by atoms with Crippen LogP contribution in [0.5, 0.6) is 0 Å². The van der Waals surface area contributed by atoms with Crippen molar-refractivity contribution in [2.24, 2.45) is 0 Å². The van der Waals surface area contributed by atoms with Gasteiger partial charge in [0.25, 0.3) is 0 Å². The molecule has 1 saturated heterocycles. The molecule has 2 heterocycles. The first-order valence-corrected chi connectivity index (χ1v) is 10.5. The summed E-state index contributed by atoms with van der Waals surface area (Å²) >= 11 is 5.79. The molecule has 0 spiro atoms. The summed E-state index contributed by atoms with van der Waals surface area (Å²) in [4.78, 5) is 2.89. The predicted molar refractivity (Wildman–Crippen MR) is 93.6 cm³/mol. The van der Waals surface area contributed by atoms with Crippen molar-refractivity contribution >= 4 is 21.6 Å². The number of halogens is 1. The van der Waals surface area contributed by atoms with E-state index in [1.165, 1.54) is 11.1 Å². The summed E-state index contributed by atoms with van der Waals surface area (Å²) in [6, 6.07) is 5.72. The van der Waals surface area contributed by atoms with E-state index in [1.54, 1.807) is 10.4 Å². The van der Waals surface area contributed by atoms with Crippen molar-refractivity contribution in [2.75, 3.05) is 38.6 Å². The van der Waals surface area contributed by atoms with Gasteiger partial charge in [-0.1, -0.05) is 6.07 Å². The third-order valence-electron chi connectivity index (χ3n) is 4.88. The Morgan fingerprint density at radius 3 is 2.39 bits per heavy atom. The van der Waals surface area contributed by atoms with Gasteiger partial charge in [0.05, 0.1) is 4.90 Å². The van der Waals surface area contributed by atoms with Crippen molar-refractivity contribution in [2.45, 2.75) is 37.0 Å². The van der Waals surface area contributed by atoms with E-state index in [0.717, 1.165) is 51.7 Å². The maximum absolute atomic E-state index is 12.7. The molecule has 3 rings (SSSR count). The first kappa shape index (κ1) is 17.2. The number of fused-ring (bicyclic) bond motifs is 1. The van der Waals surface area contributed by atoms with Gasteiger partial charge in [-0.05, 0) is 61.9 Å². The lowest BCUT2D eigenvalue weighted by atomic mass is 10.0. The minimum absolute atomic E-state index is 0.465. The number of hydrogen-bond donors (Lipinski definition) is 0. The molecule has 0 amide bonds. The summed E-state index contributed by atoms with van der Waals surface area (Å²) in [7, 11) is -3.31. The van der Waals surface area contributed by atoms with Crippen LogP contribution in [0.3, 0.4) is 0 Å². The van der Waals surface area contributed by atoms with Crippen LogP contribution in [0.4, 0.5) is 0 Å². The van der Waals surface area contributed by atoms with Crippen molar-refractivity contribution in [1.29, 1.82) is 0 Å². The van der Waals surface area contributed by atoms with E-state index < -0.39 is 10.0 Å². The predicted octanol–water partition coefficient (Wildman–Crippen LogP) is 2.50. The summed E-state index contributed by atoms with van der Waals surface area (Å²) < 4.78 is 27.0. The van der Waals surface area contributed by atoms with E-state index in [-0.39, 0.29) is 0 Å². The van der Waals surface area contributed by atoms with Crippen molar-refractivity contribution in [1.82, 2.24) is 9.21 Å². The maximum Gasteiger partial charge on any atom is 0.243 e. The van der Waals surface area contributed by atoms with E-state index in [4.69, 9.17) is 11.6 Å². The van der Waals surface area contributed by atoms with Crippen LogP contribution in [0.15, 0.2) is 23.1 Å². The molecule has 0 radical (unpaired) electrons. The number of benzene rings is 1. The SMILES string of the molecule is O=S(=O)(c1ccc2c(c1)CCN(CCCCl)CC2)N1CCCC1. The lowest BCUT2D eigenvalue weighted by molar-refractivity contribution is 0.289. The topological polar surface area (TPSA) is 40.6 Å². The van der Waals surface area contributed by atoms with Crippen LogP contribution in [-0.2, 0) is 22.9 Å². The molecule has 6 heteroatoms. The third kappa shape index (κ3) is 3.90. The zero-order valence-electron chi connectivity index (χ0n) is 13.5. The molecule has 0 N–H and O–H groups in total. The van der Waals surface area contributed by atoms with Gasteiger partial charge in [0, 0.05) is 32.1 Å². The Balaban J connectivity index is 1.77. The Kier molecular flexibility index (Phi) is 5.62. The highest BCUT2D eigenvalue weighted by Gasteiger charge is 2.28. The normalized spacial score (nSPS) is 20.4. The zero-order chi connectivity index (χ0) is 16.3. The highest BCUT2D eigenvalue weighted by Crippen LogP contribution is 2.25. The summed E-state index contributed by atoms with van der Waals surface area (Å²) in [5.41, 5.74) is 2.48. The minimum atomic E-state index is -3.31. The fraction of sp³-hybridized carbons (Fsp3) is 0.647. The van der Waals surface area contributed by atoms with E-state index in [1.807, 2.05) is 12.1 Å². The number of nitrogens with zero attached hydrogens (tertiary/aromatic N) is 2. The summed E-state index contributed by atoms with van der Waals surface area (Å²) in [6.45, 7) is 4.35. The standard InChI is InChI=1S/C17H25ClN2O2S/c18-8-3-9-19-12-6-15-4-5-17(14-16(15)7-13-19)23(21,22)20-10-1-2-11-20/h4-5,14H,1-3,6-13H2. The second-order valence-corrected chi connectivity index (χ2v) is 8.74. The monoisotopic (exact) mass is 356 g/mol. The van der Waals surface area contributed by atoms with Gasteiger partial charge in [-0.3, -0.25) is 0 Å². The lowest BCUT2D eigenvalue weighted by Crippen LogP contribution is -2.28. The molecule has 2 aliphatic heterocycles. The van der Waals surface area contributed by atoms with Gasteiger partial charge in [0.2, 0.25) is 10.0 Å². The lowest BCUT2D eigenvalue weighted by Gasteiger charge is -2.18. The van der Waals surface area contributed by atoms with E-state index in [0.29, 0.717) is 23.9 Å². The average molecular weight is 357 g/mol. The molecule has 1 fully saturated rings.